The highest BCUT2D eigenvalue weighted by Crippen LogP contribution is 2.37. The summed E-state index contributed by atoms with van der Waals surface area (Å²) in [6.07, 6.45) is 5.56. The predicted octanol–water partition coefficient (Wildman–Crippen LogP) is 3.46. The van der Waals surface area contributed by atoms with Gasteiger partial charge in [-0.25, -0.2) is 0 Å². The monoisotopic (exact) mass is 261 g/mol. The maximum atomic E-state index is 6.50. The van der Waals surface area contributed by atoms with Crippen LogP contribution in [0.25, 0.3) is 0 Å². The van der Waals surface area contributed by atoms with Crippen molar-refractivity contribution in [2.75, 3.05) is 7.11 Å². The molecule has 1 aromatic carbocycles. The molecule has 0 radical (unpaired) electrons. The summed E-state index contributed by atoms with van der Waals surface area (Å²) >= 11 is 0. The lowest BCUT2D eigenvalue weighted by molar-refractivity contribution is -0.0659. The van der Waals surface area contributed by atoms with Crippen LogP contribution in [0.3, 0.4) is 0 Å². The van der Waals surface area contributed by atoms with Gasteiger partial charge in [-0.3, -0.25) is 0 Å². The molecule has 1 aliphatic carbocycles. The Labute approximate surface area is 117 Å². The normalized spacial score (nSPS) is 29.2. The smallest absolute Gasteiger partial charge is 0.0832 e. The van der Waals surface area contributed by atoms with Gasteiger partial charge in [-0.15, -0.1) is 0 Å². The molecule has 0 amide bonds. The molecule has 0 aromatic heterocycles. The fraction of sp³-hybridized carbons (Fsp3) is 0.647. The van der Waals surface area contributed by atoms with Gasteiger partial charge in [0.05, 0.1) is 5.60 Å². The highest BCUT2D eigenvalue weighted by Gasteiger charge is 2.39. The van der Waals surface area contributed by atoms with Gasteiger partial charge >= 0.3 is 0 Å². The Morgan fingerprint density at radius 2 is 2.05 bits per heavy atom. The quantitative estimate of drug-likeness (QED) is 0.901. The highest BCUT2D eigenvalue weighted by atomic mass is 16.5. The first-order valence-corrected chi connectivity index (χ1v) is 7.42. The van der Waals surface area contributed by atoms with Crippen LogP contribution in [0, 0.1) is 12.8 Å². The zero-order chi connectivity index (χ0) is 13.9. The van der Waals surface area contributed by atoms with Crippen LogP contribution in [-0.4, -0.2) is 18.8 Å². The molecule has 2 nitrogen and oxygen atoms in total. The second kappa shape index (κ2) is 6.06. The van der Waals surface area contributed by atoms with Crippen LogP contribution in [0.5, 0.6) is 0 Å². The van der Waals surface area contributed by atoms with Crippen molar-refractivity contribution in [3.05, 3.63) is 35.4 Å². The lowest BCUT2D eigenvalue weighted by atomic mass is 9.74. The Morgan fingerprint density at radius 3 is 2.63 bits per heavy atom. The van der Waals surface area contributed by atoms with Gasteiger partial charge in [-0.05, 0) is 50.5 Å². The van der Waals surface area contributed by atoms with E-state index in [2.05, 4.69) is 38.1 Å². The van der Waals surface area contributed by atoms with Crippen molar-refractivity contribution in [3.8, 4) is 0 Å². The fourth-order valence-corrected chi connectivity index (χ4v) is 3.26. The van der Waals surface area contributed by atoms with Crippen molar-refractivity contribution in [3.63, 3.8) is 0 Å². The summed E-state index contributed by atoms with van der Waals surface area (Å²) in [6, 6.07) is 8.73. The topological polar surface area (TPSA) is 35.2 Å². The first-order valence-electron chi connectivity index (χ1n) is 7.42. The second-order valence-electron chi connectivity index (χ2n) is 6.25. The molecule has 0 spiro atoms. The van der Waals surface area contributed by atoms with E-state index in [1.54, 1.807) is 0 Å². The Balaban J connectivity index is 2.06. The van der Waals surface area contributed by atoms with Gasteiger partial charge in [0, 0.05) is 13.2 Å². The van der Waals surface area contributed by atoms with Gasteiger partial charge in [0.2, 0.25) is 0 Å². The largest absolute Gasteiger partial charge is 0.377 e. The molecule has 2 heteroatoms. The van der Waals surface area contributed by atoms with Crippen LogP contribution in [-0.2, 0) is 11.2 Å². The Bertz CT molecular complexity index is 407. The van der Waals surface area contributed by atoms with Crippen molar-refractivity contribution in [2.45, 2.75) is 57.6 Å². The SMILES string of the molecule is COC1(C(N)Cc2cccc(C)c2)CCC(C)CC1. The van der Waals surface area contributed by atoms with E-state index in [9.17, 15) is 0 Å². The average Bonchev–Trinajstić information content (AvgIpc) is 2.40. The molecule has 1 aromatic rings. The third-order valence-corrected chi connectivity index (χ3v) is 4.74. The van der Waals surface area contributed by atoms with Gasteiger partial charge in [0.25, 0.3) is 0 Å². The minimum Gasteiger partial charge on any atom is -0.377 e. The summed E-state index contributed by atoms with van der Waals surface area (Å²) in [5.41, 5.74) is 9.00. The van der Waals surface area contributed by atoms with Crippen molar-refractivity contribution in [1.29, 1.82) is 0 Å². The molecular weight excluding hydrogens is 234 g/mol. The van der Waals surface area contributed by atoms with E-state index in [1.165, 1.54) is 24.0 Å². The first-order chi connectivity index (χ1) is 9.05. The summed E-state index contributed by atoms with van der Waals surface area (Å²) < 4.78 is 5.87. The first kappa shape index (κ1) is 14.5. The molecule has 106 valence electrons. The molecule has 1 unspecified atom stereocenters. The summed E-state index contributed by atoms with van der Waals surface area (Å²) in [5, 5.41) is 0. The van der Waals surface area contributed by atoms with Crippen LogP contribution in [0.4, 0.5) is 0 Å². The molecule has 1 fully saturated rings. The summed E-state index contributed by atoms with van der Waals surface area (Å²) in [6.45, 7) is 4.45. The van der Waals surface area contributed by atoms with Gasteiger partial charge in [0.15, 0.2) is 0 Å². The lowest BCUT2D eigenvalue weighted by Gasteiger charge is -2.42. The van der Waals surface area contributed by atoms with Crippen LogP contribution >= 0.6 is 0 Å². The van der Waals surface area contributed by atoms with Crippen LogP contribution in [0.2, 0.25) is 0 Å². The number of hydrogen-bond donors (Lipinski definition) is 1. The number of ether oxygens (including phenoxy) is 1. The van der Waals surface area contributed by atoms with Gasteiger partial charge in [-0.1, -0.05) is 36.8 Å². The van der Waals surface area contributed by atoms with Crippen LogP contribution < -0.4 is 5.73 Å². The van der Waals surface area contributed by atoms with Crippen molar-refractivity contribution in [2.24, 2.45) is 11.7 Å². The van der Waals surface area contributed by atoms with E-state index < -0.39 is 0 Å². The average molecular weight is 261 g/mol. The van der Waals surface area contributed by atoms with Gasteiger partial charge < -0.3 is 10.5 Å². The number of nitrogens with two attached hydrogens (primary N) is 1. The zero-order valence-electron chi connectivity index (χ0n) is 12.5. The Morgan fingerprint density at radius 1 is 1.37 bits per heavy atom. The van der Waals surface area contributed by atoms with Gasteiger partial charge in [0.1, 0.15) is 0 Å². The number of benzene rings is 1. The molecule has 2 N–H and O–H groups in total. The molecule has 0 saturated heterocycles. The zero-order valence-corrected chi connectivity index (χ0v) is 12.5. The number of aryl methyl sites for hydroxylation is 1. The van der Waals surface area contributed by atoms with Crippen LogP contribution in [0.15, 0.2) is 24.3 Å². The second-order valence-corrected chi connectivity index (χ2v) is 6.25. The minimum atomic E-state index is -0.115. The molecule has 0 aliphatic heterocycles. The van der Waals surface area contributed by atoms with Crippen molar-refractivity contribution in [1.82, 2.24) is 0 Å². The molecule has 1 atom stereocenters. The fourth-order valence-electron chi connectivity index (χ4n) is 3.26. The van der Waals surface area contributed by atoms with E-state index in [1.807, 2.05) is 7.11 Å². The maximum Gasteiger partial charge on any atom is 0.0832 e. The molecular formula is C17H27NO. The van der Waals surface area contributed by atoms with E-state index in [0.29, 0.717) is 0 Å². The maximum absolute atomic E-state index is 6.50. The molecule has 2 rings (SSSR count). The summed E-state index contributed by atoms with van der Waals surface area (Å²) in [5.74, 6) is 0.814. The van der Waals surface area contributed by atoms with Crippen LogP contribution in [0.1, 0.15) is 43.7 Å². The third kappa shape index (κ3) is 3.37. The number of methoxy groups -OCH3 is 1. The third-order valence-electron chi connectivity index (χ3n) is 4.74. The number of hydrogen-bond acceptors (Lipinski definition) is 2. The Kier molecular flexibility index (Phi) is 4.64. The minimum absolute atomic E-state index is 0.0896. The van der Waals surface area contributed by atoms with Gasteiger partial charge in [-0.2, -0.15) is 0 Å². The van der Waals surface area contributed by atoms with E-state index >= 15 is 0 Å². The molecule has 19 heavy (non-hydrogen) atoms. The standard InChI is InChI=1S/C17H27NO/c1-13-7-9-17(19-3,10-8-13)16(18)12-15-6-4-5-14(2)11-15/h4-6,11,13,16H,7-10,12,18H2,1-3H3. The van der Waals surface area contributed by atoms with Crippen molar-refractivity contribution < 1.29 is 4.74 Å². The number of rotatable bonds is 4. The molecule has 1 saturated carbocycles. The van der Waals surface area contributed by atoms with E-state index in [4.69, 9.17) is 10.5 Å². The molecule has 0 bridgehead atoms. The lowest BCUT2D eigenvalue weighted by Crippen LogP contribution is -2.52. The Hall–Kier alpha value is -0.860. The van der Waals surface area contributed by atoms with E-state index in [0.717, 1.165) is 25.2 Å². The molecule has 0 heterocycles. The predicted molar refractivity (Wildman–Crippen MR) is 80.2 cm³/mol. The highest BCUT2D eigenvalue weighted by molar-refractivity contribution is 5.23. The molecule has 1 aliphatic rings. The summed E-state index contributed by atoms with van der Waals surface area (Å²) in [4.78, 5) is 0. The summed E-state index contributed by atoms with van der Waals surface area (Å²) in [7, 11) is 1.83. The van der Waals surface area contributed by atoms with E-state index in [-0.39, 0.29) is 11.6 Å². The van der Waals surface area contributed by atoms with Crippen molar-refractivity contribution >= 4 is 0 Å².